The fraction of sp³-hybridized carbons (Fsp3) is 0.211. The van der Waals surface area contributed by atoms with Gasteiger partial charge in [-0.3, -0.25) is 0 Å². The molecule has 0 aliphatic heterocycles. The number of aliphatic carboxylic acids is 1. The molecule has 0 aliphatic carbocycles. The van der Waals surface area contributed by atoms with Crippen LogP contribution >= 0.6 is 0 Å². The lowest BCUT2D eigenvalue weighted by molar-refractivity contribution is -0.132. The van der Waals surface area contributed by atoms with Crippen LogP contribution in [0.4, 0.5) is 0 Å². The zero-order chi connectivity index (χ0) is 16.1. The van der Waals surface area contributed by atoms with E-state index in [-0.39, 0.29) is 5.92 Å². The summed E-state index contributed by atoms with van der Waals surface area (Å²) in [5.41, 5.74) is 3.61. The molecule has 2 aromatic carbocycles. The monoisotopic (exact) mass is 296 g/mol. The Morgan fingerprint density at radius 3 is 2.00 bits per heavy atom. The standard InChI is InChI=1S/C19H20O3/c1-13-4-6-15(7-5-13)18(12-14(2)19(20)21)16-8-10-17(22-3)11-9-16/h4-12,18H,1-3H3,(H,20,21)/b14-12+. The lowest BCUT2D eigenvalue weighted by Gasteiger charge is -2.16. The fourth-order valence-electron chi connectivity index (χ4n) is 2.29. The molecule has 1 atom stereocenters. The molecule has 3 heteroatoms. The summed E-state index contributed by atoms with van der Waals surface area (Å²) in [5.74, 6) is -0.210. The van der Waals surface area contributed by atoms with Crippen LogP contribution in [0.25, 0.3) is 0 Å². The van der Waals surface area contributed by atoms with Gasteiger partial charge in [0.1, 0.15) is 5.75 Å². The van der Waals surface area contributed by atoms with Crippen LogP contribution in [0.2, 0.25) is 0 Å². The molecule has 0 bridgehead atoms. The smallest absolute Gasteiger partial charge is 0.330 e. The number of rotatable bonds is 5. The van der Waals surface area contributed by atoms with Gasteiger partial charge < -0.3 is 9.84 Å². The van der Waals surface area contributed by atoms with Crippen LogP contribution in [-0.4, -0.2) is 18.2 Å². The van der Waals surface area contributed by atoms with Crippen LogP contribution in [0.5, 0.6) is 5.75 Å². The second-order valence-corrected chi connectivity index (χ2v) is 5.32. The van der Waals surface area contributed by atoms with Crippen molar-refractivity contribution in [2.45, 2.75) is 19.8 Å². The number of carboxylic acid groups (broad SMARTS) is 1. The van der Waals surface area contributed by atoms with E-state index >= 15 is 0 Å². The molecule has 1 unspecified atom stereocenters. The SMILES string of the molecule is COc1ccc(C(/C=C(\C)C(=O)O)c2ccc(C)cc2)cc1. The highest BCUT2D eigenvalue weighted by Gasteiger charge is 2.14. The molecule has 0 fully saturated rings. The first kappa shape index (κ1) is 15.8. The van der Waals surface area contributed by atoms with E-state index in [4.69, 9.17) is 9.84 Å². The number of benzene rings is 2. The van der Waals surface area contributed by atoms with Crippen molar-refractivity contribution in [2.24, 2.45) is 0 Å². The van der Waals surface area contributed by atoms with Crippen molar-refractivity contribution in [3.05, 3.63) is 76.9 Å². The summed E-state index contributed by atoms with van der Waals surface area (Å²) in [6.07, 6.45) is 1.79. The van der Waals surface area contributed by atoms with Gasteiger partial charge in [0.2, 0.25) is 0 Å². The van der Waals surface area contributed by atoms with Gasteiger partial charge in [0, 0.05) is 11.5 Å². The summed E-state index contributed by atoms with van der Waals surface area (Å²) in [6.45, 7) is 3.65. The molecule has 3 nitrogen and oxygen atoms in total. The minimum absolute atomic E-state index is 0.0948. The van der Waals surface area contributed by atoms with Crippen LogP contribution in [0, 0.1) is 6.92 Å². The highest BCUT2D eigenvalue weighted by atomic mass is 16.5. The molecular formula is C19H20O3. The summed E-state index contributed by atoms with van der Waals surface area (Å²) in [4.78, 5) is 11.2. The van der Waals surface area contributed by atoms with Crippen LogP contribution in [0.3, 0.4) is 0 Å². The average molecular weight is 296 g/mol. The number of hydrogen-bond acceptors (Lipinski definition) is 2. The summed E-state index contributed by atoms with van der Waals surface area (Å²) >= 11 is 0. The molecule has 2 rings (SSSR count). The molecule has 0 saturated carbocycles. The maximum atomic E-state index is 11.2. The van der Waals surface area contributed by atoms with Crippen LogP contribution in [0.1, 0.15) is 29.5 Å². The van der Waals surface area contributed by atoms with Gasteiger partial charge in [-0.1, -0.05) is 48.0 Å². The first-order valence-electron chi connectivity index (χ1n) is 7.13. The van der Waals surface area contributed by atoms with Gasteiger partial charge in [-0.05, 0) is 37.1 Å². The predicted molar refractivity (Wildman–Crippen MR) is 87.4 cm³/mol. The van der Waals surface area contributed by atoms with Crippen LogP contribution < -0.4 is 4.74 Å². The predicted octanol–water partition coefficient (Wildman–Crippen LogP) is 4.17. The van der Waals surface area contributed by atoms with Gasteiger partial charge in [0.15, 0.2) is 0 Å². The van der Waals surface area contributed by atoms with Gasteiger partial charge in [-0.2, -0.15) is 0 Å². The Balaban J connectivity index is 2.46. The van der Waals surface area contributed by atoms with Gasteiger partial charge in [-0.25, -0.2) is 4.79 Å². The quantitative estimate of drug-likeness (QED) is 0.842. The van der Waals surface area contributed by atoms with E-state index in [1.165, 1.54) is 5.56 Å². The number of carboxylic acids is 1. The van der Waals surface area contributed by atoms with Gasteiger partial charge in [0.25, 0.3) is 0 Å². The second kappa shape index (κ2) is 6.94. The lowest BCUT2D eigenvalue weighted by atomic mass is 9.89. The summed E-state index contributed by atoms with van der Waals surface area (Å²) in [5, 5.41) is 9.16. The Morgan fingerprint density at radius 1 is 1.05 bits per heavy atom. The normalized spacial score (nSPS) is 12.8. The Hall–Kier alpha value is -2.55. The first-order chi connectivity index (χ1) is 10.5. The molecule has 114 valence electrons. The molecule has 0 aromatic heterocycles. The Morgan fingerprint density at radius 2 is 1.55 bits per heavy atom. The maximum absolute atomic E-state index is 11.2. The zero-order valence-electron chi connectivity index (χ0n) is 13.0. The minimum atomic E-state index is -0.898. The van der Waals surface area contributed by atoms with Gasteiger partial charge in [0.05, 0.1) is 7.11 Å². The summed E-state index contributed by atoms with van der Waals surface area (Å²) in [6, 6.07) is 15.9. The molecule has 0 heterocycles. The second-order valence-electron chi connectivity index (χ2n) is 5.32. The van der Waals surface area contributed by atoms with E-state index < -0.39 is 5.97 Å². The molecule has 22 heavy (non-hydrogen) atoms. The Kier molecular flexibility index (Phi) is 4.99. The van der Waals surface area contributed by atoms with E-state index in [2.05, 4.69) is 0 Å². The number of allylic oxidation sites excluding steroid dienone is 1. The van der Waals surface area contributed by atoms with Gasteiger partial charge in [-0.15, -0.1) is 0 Å². The van der Waals surface area contributed by atoms with Crippen molar-refractivity contribution in [1.82, 2.24) is 0 Å². The van der Waals surface area contributed by atoms with Crippen molar-refractivity contribution in [3.8, 4) is 5.75 Å². The van der Waals surface area contributed by atoms with E-state index in [9.17, 15) is 4.79 Å². The maximum Gasteiger partial charge on any atom is 0.330 e. The van der Waals surface area contributed by atoms with Crippen molar-refractivity contribution in [2.75, 3.05) is 7.11 Å². The largest absolute Gasteiger partial charge is 0.497 e. The lowest BCUT2D eigenvalue weighted by Crippen LogP contribution is -2.03. The Bertz CT molecular complexity index is 667. The molecule has 1 N–H and O–H groups in total. The van der Waals surface area contributed by atoms with Crippen molar-refractivity contribution < 1.29 is 14.6 Å². The molecule has 0 spiro atoms. The van der Waals surface area contributed by atoms with Crippen molar-refractivity contribution >= 4 is 5.97 Å². The average Bonchev–Trinajstić information content (AvgIpc) is 2.53. The number of hydrogen-bond donors (Lipinski definition) is 1. The van der Waals surface area contributed by atoms with E-state index in [1.807, 2.05) is 55.5 Å². The summed E-state index contributed by atoms with van der Waals surface area (Å²) < 4.78 is 5.18. The third-order valence-electron chi connectivity index (χ3n) is 3.67. The summed E-state index contributed by atoms with van der Waals surface area (Å²) in [7, 11) is 1.63. The number of methoxy groups -OCH3 is 1. The highest BCUT2D eigenvalue weighted by Crippen LogP contribution is 2.29. The molecule has 0 radical (unpaired) electrons. The number of carbonyl (C=O) groups is 1. The van der Waals surface area contributed by atoms with Crippen LogP contribution in [-0.2, 0) is 4.79 Å². The molecule has 0 saturated heterocycles. The van der Waals surface area contributed by atoms with Gasteiger partial charge >= 0.3 is 5.97 Å². The van der Waals surface area contributed by atoms with Crippen LogP contribution in [0.15, 0.2) is 60.2 Å². The number of ether oxygens (including phenoxy) is 1. The molecule has 0 aliphatic rings. The molecule has 0 amide bonds. The molecular weight excluding hydrogens is 276 g/mol. The molecule has 2 aromatic rings. The third-order valence-corrected chi connectivity index (χ3v) is 3.67. The fourth-order valence-corrected chi connectivity index (χ4v) is 2.29. The third kappa shape index (κ3) is 3.76. The first-order valence-corrected chi connectivity index (χ1v) is 7.13. The van der Waals surface area contributed by atoms with E-state index in [0.29, 0.717) is 5.57 Å². The van der Waals surface area contributed by atoms with E-state index in [1.54, 1.807) is 20.1 Å². The minimum Gasteiger partial charge on any atom is -0.497 e. The number of aryl methyl sites for hydroxylation is 1. The van der Waals surface area contributed by atoms with Crippen molar-refractivity contribution in [1.29, 1.82) is 0 Å². The van der Waals surface area contributed by atoms with Crippen molar-refractivity contribution in [3.63, 3.8) is 0 Å². The topological polar surface area (TPSA) is 46.5 Å². The highest BCUT2D eigenvalue weighted by molar-refractivity contribution is 5.86. The Labute approximate surface area is 130 Å². The zero-order valence-corrected chi connectivity index (χ0v) is 13.0. The van der Waals surface area contributed by atoms with E-state index in [0.717, 1.165) is 16.9 Å².